The minimum atomic E-state index is -1.82. The number of halogens is 1. The van der Waals surface area contributed by atoms with Gasteiger partial charge in [0.1, 0.15) is 12.4 Å². The van der Waals surface area contributed by atoms with Crippen molar-refractivity contribution in [2.24, 2.45) is 0 Å². The number of nitrogens with one attached hydrogen (secondary N) is 1. The Balaban J connectivity index is 2.01. The van der Waals surface area contributed by atoms with Crippen molar-refractivity contribution in [1.82, 2.24) is 0 Å². The van der Waals surface area contributed by atoms with Gasteiger partial charge in [0.15, 0.2) is 0 Å². The van der Waals surface area contributed by atoms with Gasteiger partial charge in [-0.2, -0.15) is 0 Å². The van der Waals surface area contributed by atoms with E-state index in [-0.39, 0.29) is 17.8 Å². The summed E-state index contributed by atoms with van der Waals surface area (Å²) in [6, 6.07) is 12.3. The van der Waals surface area contributed by atoms with Gasteiger partial charge in [0, 0.05) is 11.2 Å². The SMILES string of the molecule is O=C(Nc1cc(F)ccc1B(O)O)OCc1ccccc1. The molecule has 0 aromatic heterocycles. The maximum atomic E-state index is 13.2. The van der Waals surface area contributed by atoms with Crippen molar-refractivity contribution >= 4 is 24.4 Å². The average Bonchev–Trinajstić information content (AvgIpc) is 2.46. The molecule has 21 heavy (non-hydrogen) atoms. The molecule has 0 radical (unpaired) electrons. The summed E-state index contributed by atoms with van der Waals surface area (Å²) in [5, 5.41) is 20.6. The van der Waals surface area contributed by atoms with Gasteiger partial charge in [-0.3, -0.25) is 5.32 Å². The van der Waals surface area contributed by atoms with E-state index in [9.17, 15) is 9.18 Å². The van der Waals surface area contributed by atoms with E-state index in [2.05, 4.69) is 5.32 Å². The molecule has 3 N–H and O–H groups in total. The minimum absolute atomic E-state index is 0.0203. The molecule has 0 aliphatic heterocycles. The lowest BCUT2D eigenvalue weighted by molar-refractivity contribution is 0.155. The Labute approximate surface area is 121 Å². The molecular formula is C14H13BFNO4. The van der Waals surface area contributed by atoms with Crippen LogP contribution in [0.3, 0.4) is 0 Å². The highest BCUT2D eigenvalue weighted by atomic mass is 19.1. The van der Waals surface area contributed by atoms with Crippen LogP contribution in [0.4, 0.5) is 14.9 Å². The molecule has 0 saturated carbocycles. The van der Waals surface area contributed by atoms with Gasteiger partial charge in [-0.15, -0.1) is 0 Å². The van der Waals surface area contributed by atoms with Gasteiger partial charge < -0.3 is 14.8 Å². The van der Waals surface area contributed by atoms with Crippen molar-refractivity contribution in [3.63, 3.8) is 0 Å². The third-order valence-corrected chi connectivity index (χ3v) is 2.74. The predicted octanol–water partition coefficient (Wildman–Crippen LogP) is 1.25. The first kappa shape index (κ1) is 15.0. The second kappa shape index (κ2) is 6.87. The third kappa shape index (κ3) is 4.30. The first-order valence-electron chi connectivity index (χ1n) is 6.19. The van der Waals surface area contributed by atoms with Crippen molar-refractivity contribution < 1.29 is 24.0 Å². The quantitative estimate of drug-likeness (QED) is 0.740. The Bertz CT molecular complexity index is 622. The van der Waals surface area contributed by atoms with E-state index in [0.29, 0.717) is 0 Å². The summed E-state index contributed by atoms with van der Waals surface area (Å²) < 4.78 is 18.1. The van der Waals surface area contributed by atoms with Crippen molar-refractivity contribution in [2.45, 2.75) is 6.61 Å². The molecule has 0 fully saturated rings. The van der Waals surface area contributed by atoms with Gasteiger partial charge in [-0.05, 0) is 17.7 Å². The van der Waals surface area contributed by atoms with E-state index in [1.54, 1.807) is 12.1 Å². The molecule has 2 aromatic rings. The summed E-state index contributed by atoms with van der Waals surface area (Å²) in [6.07, 6.45) is -0.814. The van der Waals surface area contributed by atoms with Crippen LogP contribution in [0, 0.1) is 5.82 Å². The number of hydrogen-bond donors (Lipinski definition) is 3. The Morgan fingerprint density at radius 2 is 1.90 bits per heavy atom. The fourth-order valence-electron chi connectivity index (χ4n) is 1.73. The zero-order valence-corrected chi connectivity index (χ0v) is 11.0. The topological polar surface area (TPSA) is 78.8 Å². The summed E-state index contributed by atoms with van der Waals surface area (Å²) in [4.78, 5) is 11.7. The van der Waals surface area contributed by atoms with E-state index in [4.69, 9.17) is 14.8 Å². The lowest BCUT2D eigenvalue weighted by atomic mass is 9.79. The molecule has 0 unspecified atom stereocenters. The summed E-state index contributed by atoms with van der Waals surface area (Å²) in [5.74, 6) is -0.613. The highest BCUT2D eigenvalue weighted by Crippen LogP contribution is 2.09. The monoisotopic (exact) mass is 289 g/mol. The van der Waals surface area contributed by atoms with E-state index in [0.717, 1.165) is 17.7 Å². The molecule has 2 rings (SSSR count). The fourth-order valence-corrected chi connectivity index (χ4v) is 1.73. The van der Waals surface area contributed by atoms with Crippen LogP contribution in [-0.4, -0.2) is 23.3 Å². The molecule has 0 aliphatic rings. The molecule has 108 valence electrons. The van der Waals surface area contributed by atoms with Crippen LogP contribution < -0.4 is 10.8 Å². The van der Waals surface area contributed by atoms with Gasteiger partial charge in [-0.25, -0.2) is 9.18 Å². The molecular weight excluding hydrogens is 276 g/mol. The number of carbonyl (C=O) groups excluding carboxylic acids is 1. The Morgan fingerprint density at radius 3 is 2.57 bits per heavy atom. The summed E-state index contributed by atoms with van der Waals surface area (Å²) in [6.45, 7) is 0.0546. The Morgan fingerprint density at radius 1 is 1.19 bits per heavy atom. The van der Waals surface area contributed by atoms with Crippen molar-refractivity contribution in [1.29, 1.82) is 0 Å². The van der Waals surface area contributed by atoms with E-state index in [1.807, 2.05) is 18.2 Å². The number of anilines is 1. The molecule has 0 atom stereocenters. The van der Waals surface area contributed by atoms with Crippen molar-refractivity contribution in [3.05, 3.63) is 59.9 Å². The second-order valence-corrected chi connectivity index (χ2v) is 4.29. The zero-order valence-electron chi connectivity index (χ0n) is 11.0. The molecule has 1 amide bonds. The normalized spacial score (nSPS) is 10.0. The van der Waals surface area contributed by atoms with Gasteiger partial charge in [-0.1, -0.05) is 36.4 Å². The van der Waals surface area contributed by atoms with Crippen LogP contribution in [0.5, 0.6) is 0 Å². The van der Waals surface area contributed by atoms with Crippen LogP contribution >= 0.6 is 0 Å². The summed E-state index contributed by atoms with van der Waals surface area (Å²) in [7, 11) is -1.82. The molecule has 7 heteroatoms. The van der Waals surface area contributed by atoms with Crippen LogP contribution in [0.1, 0.15) is 5.56 Å². The van der Waals surface area contributed by atoms with E-state index in [1.165, 1.54) is 6.07 Å². The molecule has 5 nitrogen and oxygen atoms in total. The van der Waals surface area contributed by atoms with E-state index < -0.39 is 19.0 Å². The Hall–Kier alpha value is -2.38. The number of hydrogen-bond acceptors (Lipinski definition) is 4. The van der Waals surface area contributed by atoms with Gasteiger partial charge in [0.25, 0.3) is 0 Å². The molecule has 0 aliphatic carbocycles. The predicted molar refractivity (Wildman–Crippen MR) is 76.5 cm³/mol. The van der Waals surface area contributed by atoms with Crippen molar-refractivity contribution in [3.8, 4) is 0 Å². The third-order valence-electron chi connectivity index (χ3n) is 2.74. The zero-order chi connectivity index (χ0) is 15.2. The molecule has 0 heterocycles. The maximum Gasteiger partial charge on any atom is 0.490 e. The van der Waals surface area contributed by atoms with Crippen LogP contribution in [0.25, 0.3) is 0 Å². The second-order valence-electron chi connectivity index (χ2n) is 4.29. The first-order valence-corrected chi connectivity index (χ1v) is 6.19. The van der Waals surface area contributed by atoms with Gasteiger partial charge in [0.05, 0.1) is 0 Å². The maximum absolute atomic E-state index is 13.2. The van der Waals surface area contributed by atoms with Crippen molar-refractivity contribution in [2.75, 3.05) is 5.32 Å². The lowest BCUT2D eigenvalue weighted by Gasteiger charge is -2.11. The number of carbonyl (C=O) groups is 1. The molecule has 0 spiro atoms. The molecule has 0 bridgehead atoms. The van der Waals surface area contributed by atoms with E-state index >= 15 is 0 Å². The van der Waals surface area contributed by atoms with Crippen LogP contribution in [0.15, 0.2) is 48.5 Å². The fraction of sp³-hybridized carbons (Fsp3) is 0.0714. The highest BCUT2D eigenvalue weighted by molar-refractivity contribution is 6.60. The smallest absolute Gasteiger partial charge is 0.444 e. The van der Waals surface area contributed by atoms with Gasteiger partial charge in [0.2, 0.25) is 0 Å². The van der Waals surface area contributed by atoms with Crippen LogP contribution in [-0.2, 0) is 11.3 Å². The number of amides is 1. The first-order chi connectivity index (χ1) is 10.1. The van der Waals surface area contributed by atoms with Gasteiger partial charge >= 0.3 is 13.2 Å². The minimum Gasteiger partial charge on any atom is -0.444 e. The molecule has 2 aromatic carbocycles. The summed E-state index contributed by atoms with van der Waals surface area (Å²) in [5.41, 5.74) is 0.727. The molecule has 0 saturated heterocycles. The van der Waals surface area contributed by atoms with Crippen LogP contribution in [0.2, 0.25) is 0 Å². The Kier molecular flexibility index (Phi) is 4.92. The highest BCUT2D eigenvalue weighted by Gasteiger charge is 2.18. The number of ether oxygens (including phenoxy) is 1. The lowest BCUT2D eigenvalue weighted by Crippen LogP contribution is -2.33. The number of rotatable bonds is 4. The summed E-state index contributed by atoms with van der Waals surface area (Å²) >= 11 is 0. The standard InChI is InChI=1S/C14H13BFNO4/c16-11-6-7-12(15(19)20)13(8-11)17-14(18)21-9-10-4-2-1-3-5-10/h1-8,19-20H,9H2,(H,17,18). The number of benzene rings is 2. The average molecular weight is 289 g/mol. The largest absolute Gasteiger partial charge is 0.490 e.